The second-order valence-electron chi connectivity index (χ2n) is 3.89. The van der Waals surface area contributed by atoms with Crippen LogP contribution < -0.4 is 10.6 Å². The zero-order chi connectivity index (χ0) is 15.5. The fourth-order valence-electron chi connectivity index (χ4n) is 1.36. The summed E-state index contributed by atoms with van der Waals surface area (Å²) >= 11 is 0. The summed E-state index contributed by atoms with van der Waals surface area (Å²) in [6, 6.07) is 6.53. The third-order valence-electron chi connectivity index (χ3n) is 2.27. The van der Waals surface area contributed by atoms with Crippen molar-refractivity contribution in [2.24, 2.45) is 5.16 Å². The number of rotatable bonds is 7. The highest BCUT2D eigenvalue weighted by Gasteiger charge is 2.05. The molecule has 122 valence electrons. The lowest BCUT2D eigenvalue weighted by atomic mass is 10.2. The summed E-state index contributed by atoms with van der Waals surface area (Å²) in [6.07, 6.45) is 1.58. The van der Waals surface area contributed by atoms with Gasteiger partial charge >= 0.3 is 12.0 Å². The number of carbonyl (C=O) groups is 2. The molecule has 0 fully saturated rings. The highest BCUT2D eigenvalue weighted by atomic mass is 35.5. The van der Waals surface area contributed by atoms with Crippen molar-refractivity contribution < 1.29 is 19.2 Å². The summed E-state index contributed by atoms with van der Waals surface area (Å²) in [6.45, 7) is 4.18. The summed E-state index contributed by atoms with van der Waals surface area (Å²) in [5, 5.41) is 8.74. The Hall–Kier alpha value is -2.28. The summed E-state index contributed by atoms with van der Waals surface area (Å²) in [7, 11) is 0. The van der Waals surface area contributed by atoms with Crippen LogP contribution in [0.1, 0.15) is 19.4 Å². The molecule has 0 spiro atoms. The predicted octanol–water partition coefficient (Wildman–Crippen LogP) is 2.16. The monoisotopic (exact) mass is 329 g/mol. The Morgan fingerprint density at radius 3 is 2.45 bits per heavy atom. The molecule has 22 heavy (non-hydrogen) atoms. The lowest BCUT2D eigenvalue weighted by Crippen LogP contribution is -2.34. The molecule has 0 aliphatic carbocycles. The molecule has 0 unspecified atom stereocenters. The van der Waals surface area contributed by atoms with Crippen molar-refractivity contribution in [3.63, 3.8) is 0 Å². The van der Waals surface area contributed by atoms with E-state index in [1.165, 1.54) is 0 Å². The number of urea groups is 1. The Morgan fingerprint density at radius 2 is 1.86 bits per heavy atom. The number of anilines is 1. The van der Waals surface area contributed by atoms with Gasteiger partial charge < -0.3 is 20.2 Å². The van der Waals surface area contributed by atoms with E-state index in [0.29, 0.717) is 12.3 Å². The SMILES string of the molecule is CCON=Cc1ccc(NC(=O)NCC(=O)OCC)cc1.Cl. The van der Waals surface area contributed by atoms with Crippen molar-refractivity contribution in [2.45, 2.75) is 13.8 Å². The summed E-state index contributed by atoms with van der Waals surface area (Å²) in [5.74, 6) is -0.477. The van der Waals surface area contributed by atoms with Gasteiger partial charge in [-0.3, -0.25) is 4.79 Å². The van der Waals surface area contributed by atoms with E-state index < -0.39 is 12.0 Å². The zero-order valence-corrected chi connectivity index (χ0v) is 13.3. The molecule has 2 amide bonds. The second-order valence-corrected chi connectivity index (χ2v) is 3.89. The van der Waals surface area contributed by atoms with Crippen LogP contribution in [0.4, 0.5) is 10.5 Å². The van der Waals surface area contributed by atoms with E-state index in [1.54, 1.807) is 37.4 Å². The van der Waals surface area contributed by atoms with E-state index in [1.807, 2.05) is 6.92 Å². The molecule has 0 bridgehead atoms. The standard InChI is InChI=1S/C14H19N3O4.ClH/c1-3-20-13(18)10-15-14(19)17-12-7-5-11(6-8-12)9-16-21-4-2;/h5-9H,3-4,10H2,1-2H3,(H2,15,17,19);1H. The van der Waals surface area contributed by atoms with Crippen LogP contribution in [0, 0.1) is 0 Å². The number of nitrogens with zero attached hydrogens (tertiary/aromatic N) is 1. The molecule has 0 saturated heterocycles. The largest absolute Gasteiger partial charge is 0.465 e. The number of hydrogen-bond acceptors (Lipinski definition) is 5. The molecular formula is C14H20ClN3O4. The molecule has 7 nitrogen and oxygen atoms in total. The number of hydrogen-bond donors (Lipinski definition) is 2. The van der Waals surface area contributed by atoms with Crippen LogP contribution in [0.3, 0.4) is 0 Å². The molecule has 1 aromatic carbocycles. The first-order valence-corrected chi connectivity index (χ1v) is 6.61. The molecule has 0 heterocycles. The van der Waals surface area contributed by atoms with E-state index in [9.17, 15) is 9.59 Å². The Bertz CT molecular complexity index is 491. The zero-order valence-electron chi connectivity index (χ0n) is 12.5. The van der Waals surface area contributed by atoms with Gasteiger partial charge in [0.25, 0.3) is 0 Å². The molecule has 0 saturated carbocycles. The molecule has 2 N–H and O–H groups in total. The van der Waals surface area contributed by atoms with E-state index >= 15 is 0 Å². The lowest BCUT2D eigenvalue weighted by molar-refractivity contribution is -0.141. The summed E-state index contributed by atoms with van der Waals surface area (Å²) in [5.41, 5.74) is 1.45. The number of nitrogens with one attached hydrogen (secondary N) is 2. The average Bonchev–Trinajstić information content (AvgIpc) is 2.48. The first kappa shape index (κ1) is 19.7. The fraction of sp³-hybridized carbons (Fsp3) is 0.357. The van der Waals surface area contributed by atoms with Crippen molar-refractivity contribution in [1.82, 2.24) is 5.32 Å². The Kier molecular flexibility index (Phi) is 10.2. The van der Waals surface area contributed by atoms with Crippen LogP contribution >= 0.6 is 12.4 Å². The molecule has 0 aliphatic heterocycles. The van der Waals surface area contributed by atoms with Crippen LogP contribution in [0.2, 0.25) is 0 Å². The van der Waals surface area contributed by atoms with Gasteiger partial charge in [-0.25, -0.2) is 4.79 Å². The maximum atomic E-state index is 11.5. The highest BCUT2D eigenvalue weighted by molar-refractivity contribution is 5.91. The predicted molar refractivity (Wildman–Crippen MR) is 86.6 cm³/mol. The number of ether oxygens (including phenoxy) is 1. The maximum Gasteiger partial charge on any atom is 0.325 e. The van der Waals surface area contributed by atoms with Gasteiger partial charge in [-0.2, -0.15) is 0 Å². The van der Waals surface area contributed by atoms with Gasteiger partial charge in [0.05, 0.1) is 12.8 Å². The van der Waals surface area contributed by atoms with E-state index in [-0.39, 0.29) is 25.6 Å². The third-order valence-corrected chi connectivity index (χ3v) is 2.27. The number of oxime groups is 1. The topological polar surface area (TPSA) is 89.0 Å². The first-order valence-electron chi connectivity index (χ1n) is 6.61. The second kappa shape index (κ2) is 11.4. The minimum atomic E-state index is -0.477. The summed E-state index contributed by atoms with van der Waals surface area (Å²) < 4.78 is 4.70. The van der Waals surface area contributed by atoms with E-state index in [0.717, 1.165) is 5.56 Å². The molecule has 8 heteroatoms. The normalized spacial score (nSPS) is 9.73. The Labute approximate surface area is 135 Å². The number of esters is 1. The van der Waals surface area contributed by atoms with Gasteiger partial charge in [0.2, 0.25) is 0 Å². The minimum Gasteiger partial charge on any atom is -0.465 e. The fourth-order valence-corrected chi connectivity index (χ4v) is 1.36. The van der Waals surface area contributed by atoms with Gasteiger partial charge in [-0.05, 0) is 31.5 Å². The molecule has 1 rings (SSSR count). The lowest BCUT2D eigenvalue weighted by Gasteiger charge is -2.07. The molecular weight excluding hydrogens is 310 g/mol. The van der Waals surface area contributed by atoms with Crippen molar-refractivity contribution >= 4 is 36.3 Å². The van der Waals surface area contributed by atoms with Crippen LogP contribution in [0.25, 0.3) is 0 Å². The van der Waals surface area contributed by atoms with Gasteiger partial charge in [0, 0.05) is 5.69 Å². The number of benzene rings is 1. The van der Waals surface area contributed by atoms with Crippen LogP contribution in [0.5, 0.6) is 0 Å². The number of carbonyl (C=O) groups excluding carboxylic acids is 2. The highest BCUT2D eigenvalue weighted by Crippen LogP contribution is 2.08. The molecule has 0 aromatic heterocycles. The maximum absolute atomic E-state index is 11.5. The van der Waals surface area contributed by atoms with Crippen molar-refractivity contribution in [2.75, 3.05) is 25.1 Å². The van der Waals surface area contributed by atoms with Crippen LogP contribution in [0.15, 0.2) is 29.4 Å². The average molecular weight is 330 g/mol. The van der Waals surface area contributed by atoms with Crippen molar-refractivity contribution in [3.8, 4) is 0 Å². The van der Waals surface area contributed by atoms with Crippen LogP contribution in [-0.2, 0) is 14.4 Å². The smallest absolute Gasteiger partial charge is 0.325 e. The molecule has 1 aromatic rings. The molecule has 0 aliphatic rings. The first-order chi connectivity index (χ1) is 10.2. The van der Waals surface area contributed by atoms with Gasteiger partial charge in [-0.1, -0.05) is 17.3 Å². The Morgan fingerprint density at radius 1 is 1.18 bits per heavy atom. The quantitative estimate of drug-likeness (QED) is 0.456. The van der Waals surface area contributed by atoms with Gasteiger partial charge in [0.15, 0.2) is 0 Å². The third kappa shape index (κ3) is 8.11. The number of halogens is 1. The molecule has 0 atom stereocenters. The summed E-state index contributed by atoms with van der Waals surface area (Å²) in [4.78, 5) is 27.5. The number of amides is 2. The van der Waals surface area contributed by atoms with Gasteiger partial charge in [-0.15, -0.1) is 12.4 Å². The van der Waals surface area contributed by atoms with Crippen molar-refractivity contribution in [3.05, 3.63) is 29.8 Å². The van der Waals surface area contributed by atoms with E-state index in [4.69, 9.17) is 9.57 Å². The van der Waals surface area contributed by atoms with E-state index in [2.05, 4.69) is 15.8 Å². The minimum absolute atomic E-state index is 0. The van der Waals surface area contributed by atoms with Gasteiger partial charge in [0.1, 0.15) is 13.2 Å². The van der Waals surface area contributed by atoms with Crippen LogP contribution in [-0.4, -0.2) is 38.0 Å². The van der Waals surface area contributed by atoms with Crippen molar-refractivity contribution in [1.29, 1.82) is 0 Å². The molecule has 0 radical (unpaired) electrons. The Balaban J connectivity index is 0.00000441.